The van der Waals surface area contributed by atoms with Crippen molar-refractivity contribution in [2.75, 3.05) is 18.4 Å². The van der Waals surface area contributed by atoms with Gasteiger partial charge in [0.15, 0.2) is 0 Å². The minimum Gasteiger partial charge on any atom is -0.325 e. The number of nitrogens with one attached hydrogen (secondary N) is 1. The highest BCUT2D eigenvalue weighted by Gasteiger charge is 2.28. The van der Waals surface area contributed by atoms with Gasteiger partial charge in [-0.25, -0.2) is 0 Å². The summed E-state index contributed by atoms with van der Waals surface area (Å²) >= 11 is 1.84. The maximum atomic E-state index is 12.4. The molecule has 2 heterocycles. The Morgan fingerprint density at radius 3 is 2.95 bits per heavy atom. The fourth-order valence-corrected chi connectivity index (χ4v) is 4.13. The molecule has 0 fully saturated rings. The van der Waals surface area contributed by atoms with Gasteiger partial charge in [-0.2, -0.15) is 0 Å². The normalized spacial score (nSPS) is 18.0. The summed E-state index contributed by atoms with van der Waals surface area (Å²) in [6.07, 6.45) is 2.10. The standard InChI is InChI=1S/C18H22N2OS/c1-3-16-14-9-11-22-17(14)8-10-20(16)12-18(21)19-15-7-5-4-6-13(15)2/h4-7,9,11,16H,3,8,10,12H2,1-2H3,(H,19,21). The quantitative estimate of drug-likeness (QED) is 0.925. The van der Waals surface area contributed by atoms with Crippen molar-refractivity contribution in [3.63, 3.8) is 0 Å². The molecule has 1 aliphatic rings. The lowest BCUT2D eigenvalue weighted by Gasteiger charge is -2.34. The van der Waals surface area contributed by atoms with E-state index >= 15 is 0 Å². The van der Waals surface area contributed by atoms with Gasteiger partial charge >= 0.3 is 0 Å². The van der Waals surface area contributed by atoms with Gasteiger partial charge in [0.25, 0.3) is 0 Å². The van der Waals surface area contributed by atoms with Crippen LogP contribution in [0.25, 0.3) is 0 Å². The molecular formula is C18H22N2OS. The summed E-state index contributed by atoms with van der Waals surface area (Å²) in [5.74, 6) is 0.0754. The first kappa shape index (κ1) is 15.3. The Bertz CT molecular complexity index is 665. The zero-order valence-corrected chi connectivity index (χ0v) is 14.0. The molecule has 0 spiro atoms. The lowest BCUT2D eigenvalue weighted by molar-refractivity contribution is -0.118. The van der Waals surface area contributed by atoms with Gasteiger partial charge < -0.3 is 5.32 Å². The summed E-state index contributed by atoms with van der Waals surface area (Å²) in [6, 6.07) is 10.5. The molecule has 1 unspecified atom stereocenters. The first-order chi connectivity index (χ1) is 10.7. The second kappa shape index (κ2) is 6.63. The molecule has 0 saturated carbocycles. The predicted octanol–water partition coefficient (Wildman–Crippen LogP) is 4.00. The van der Waals surface area contributed by atoms with Gasteiger partial charge in [0.2, 0.25) is 5.91 Å². The first-order valence-electron chi connectivity index (χ1n) is 7.85. The Hall–Kier alpha value is -1.65. The summed E-state index contributed by atoms with van der Waals surface area (Å²) in [7, 11) is 0. The molecule has 22 heavy (non-hydrogen) atoms. The van der Waals surface area contributed by atoms with E-state index in [-0.39, 0.29) is 5.91 Å². The average Bonchev–Trinajstić information content (AvgIpc) is 2.98. The number of amides is 1. The molecule has 0 aliphatic carbocycles. The summed E-state index contributed by atoms with van der Waals surface area (Å²) in [5.41, 5.74) is 3.43. The number of carbonyl (C=O) groups is 1. The zero-order chi connectivity index (χ0) is 15.5. The molecule has 0 bridgehead atoms. The Labute approximate surface area is 136 Å². The fourth-order valence-electron chi connectivity index (χ4n) is 3.20. The lowest BCUT2D eigenvalue weighted by atomic mass is 9.98. The van der Waals surface area contributed by atoms with E-state index < -0.39 is 0 Å². The van der Waals surface area contributed by atoms with Crippen LogP contribution in [0, 0.1) is 6.92 Å². The van der Waals surface area contributed by atoms with E-state index in [1.165, 1.54) is 10.4 Å². The van der Waals surface area contributed by atoms with Crippen LogP contribution in [-0.4, -0.2) is 23.9 Å². The van der Waals surface area contributed by atoms with Gasteiger partial charge in [0.05, 0.1) is 6.54 Å². The van der Waals surface area contributed by atoms with Crippen LogP contribution in [-0.2, 0) is 11.2 Å². The summed E-state index contributed by atoms with van der Waals surface area (Å²) in [4.78, 5) is 16.2. The van der Waals surface area contributed by atoms with Gasteiger partial charge in [0.1, 0.15) is 0 Å². The molecule has 0 radical (unpaired) electrons. The first-order valence-corrected chi connectivity index (χ1v) is 8.72. The number of carbonyl (C=O) groups excluding carboxylic acids is 1. The van der Waals surface area contributed by atoms with E-state index in [0.29, 0.717) is 12.6 Å². The number of hydrogen-bond donors (Lipinski definition) is 1. The molecule has 1 amide bonds. The van der Waals surface area contributed by atoms with Crippen LogP contribution < -0.4 is 5.32 Å². The topological polar surface area (TPSA) is 32.3 Å². The molecule has 1 atom stereocenters. The highest BCUT2D eigenvalue weighted by molar-refractivity contribution is 7.10. The van der Waals surface area contributed by atoms with Crippen molar-refractivity contribution in [1.29, 1.82) is 0 Å². The van der Waals surface area contributed by atoms with Crippen molar-refractivity contribution < 1.29 is 4.79 Å². The number of thiophene rings is 1. The van der Waals surface area contributed by atoms with Crippen molar-refractivity contribution in [2.45, 2.75) is 32.7 Å². The van der Waals surface area contributed by atoms with E-state index in [0.717, 1.165) is 30.6 Å². The SMILES string of the molecule is CCC1c2ccsc2CCN1CC(=O)Nc1ccccc1C. The van der Waals surface area contributed by atoms with E-state index in [1.807, 2.05) is 42.5 Å². The number of nitrogens with zero attached hydrogens (tertiary/aromatic N) is 1. The molecule has 3 rings (SSSR count). The molecule has 3 nitrogen and oxygen atoms in total. The number of fused-ring (bicyclic) bond motifs is 1. The molecule has 4 heteroatoms. The smallest absolute Gasteiger partial charge is 0.238 e. The third-order valence-electron chi connectivity index (χ3n) is 4.36. The maximum absolute atomic E-state index is 12.4. The molecular weight excluding hydrogens is 292 g/mol. The van der Waals surface area contributed by atoms with Gasteiger partial charge in [-0.1, -0.05) is 25.1 Å². The average molecular weight is 314 g/mol. The molecule has 2 aromatic rings. The summed E-state index contributed by atoms with van der Waals surface area (Å²) in [6.45, 7) is 5.64. The Balaban J connectivity index is 1.68. The summed E-state index contributed by atoms with van der Waals surface area (Å²) < 4.78 is 0. The van der Waals surface area contributed by atoms with E-state index in [1.54, 1.807) is 0 Å². The minimum atomic E-state index is 0.0754. The van der Waals surface area contributed by atoms with Gasteiger partial charge in [-0.3, -0.25) is 9.69 Å². The van der Waals surface area contributed by atoms with Crippen molar-refractivity contribution >= 4 is 22.9 Å². The third-order valence-corrected chi connectivity index (χ3v) is 5.35. The van der Waals surface area contributed by atoms with E-state index in [9.17, 15) is 4.79 Å². The largest absolute Gasteiger partial charge is 0.325 e. The Morgan fingerprint density at radius 2 is 2.18 bits per heavy atom. The zero-order valence-electron chi connectivity index (χ0n) is 13.1. The monoisotopic (exact) mass is 314 g/mol. The van der Waals surface area contributed by atoms with Crippen LogP contribution in [0.15, 0.2) is 35.7 Å². The maximum Gasteiger partial charge on any atom is 0.238 e. The molecule has 1 aromatic heterocycles. The van der Waals surface area contributed by atoms with Crippen LogP contribution in [0.1, 0.15) is 35.4 Å². The molecule has 0 saturated heterocycles. The fraction of sp³-hybridized carbons (Fsp3) is 0.389. The number of benzene rings is 1. The van der Waals surface area contributed by atoms with Crippen LogP contribution in [0.3, 0.4) is 0 Å². The van der Waals surface area contributed by atoms with E-state index in [4.69, 9.17) is 0 Å². The van der Waals surface area contributed by atoms with Gasteiger partial charge in [0, 0.05) is 23.2 Å². The number of hydrogen-bond acceptors (Lipinski definition) is 3. The highest BCUT2D eigenvalue weighted by Crippen LogP contribution is 2.34. The van der Waals surface area contributed by atoms with Crippen molar-refractivity contribution in [2.24, 2.45) is 0 Å². The van der Waals surface area contributed by atoms with Crippen molar-refractivity contribution in [3.8, 4) is 0 Å². The van der Waals surface area contributed by atoms with Crippen LogP contribution in [0.2, 0.25) is 0 Å². The Kier molecular flexibility index (Phi) is 4.60. The molecule has 1 aromatic carbocycles. The van der Waals surface area contributed by atoms with Gasteiger partial charge in [-0.05, 0) is 48.4 Å². The number of para-hydroxylation sites is 1. The van der Waals surface area contributed by atoms with Crippen molar-refractivity contribution in [3.05, 3.63) is 51.7 Å². The lowest BCUT2D eigenvalue weighted by Crippen LogP contribution is -2.40. The minimum absolute atomic E-state index is 0.0754. The van der Waals surface area contributed by atoms with Crippen LogP contribution >= 0.6 is 11.3 Å². The van der Waals surface area contributed by atoms with Gasteiger partial charge in [-0.15, -0.1) is 11.3 Å². The second-order valence-electron chi connectivity index (χ2n) is 5.81. The summed E-state index contributed by atoms with van der Waals surface area (Å²) in [5, 5.41) is 5.21. The molecule has 1 N–H and O–H groups in total. The van der Waals surface area contributed by atoms with Crippen molar-refractivity contribution in [1.82, 2.24) is 4.90 Å². The third kappa shape index (κ3) is 3.08. The molecule has 116 valence electrons. The number of anilines is 1. The Morgan fingerprint density at radius 1 is 1.36 bits per heavy atom. The molecule has 1 aliphatic heterocycles. The van der Waals surface area contributed by atoms with E-state index in [2.05, 4.69) is 28.6 Å². The van der Waals surface area contributed by atoms with Crippen LogP contribution in [0.5, 0.6) is 0 Å². The predicted molar refractivity (Wildman–Crippen MR) is 92.4 cm³/mol. The number of rotatable bonds is 4. The second-order valence-corrected chi connectivity index (χ2v) is 6.81. The number of aryl methyl sites for hydroxylation is 1. The van der Waals surface area contributed by atoms with Crippen LogP contribution in [0.4, 0.5) is 5.69 Å². The highest BCUT2D eigenvalue weighted by atomic mass is 32.1.